The lowest BCUT2D eigenvalue weighted by Gasteiger charge is -2.46. The molecular weight excluding hydrogens is 603 g/mol. The smallest absolute Gasteiger partial charge is 0.203 e. The lowest BCUT2D eigenvalue weighted by molar-refractivity contribution is -0.0889. The van der Waals surface area contributed by atoms with Crippen molar-refractivity contribution in [3.63, 3.8) is 0 Å². The number of hydrogen-bond donors (Lipinski definition) is 4. The molecule has 0 unspecified atom stereocenters. The average Bonchev–Trinajstić information content (AvgIpc) is 3.75. The van der Waals surface area contributed by atoms with Gasteiger partial charge in [-0.1, -0.05) is 36.8 Å². The van der Waals surface area contributed by atoms with Gasteiger partial charge in [-0.3, -0.25) is 9.69 Å². The van der Waals surface area contributed by atoms with Crippen LogP contribution in [0.3, 0.4) is 0 Å². The number of rotatable bonds is 10. The largest absolute Gasteiger partial charge is 0.394 e. The molecule has 2 heterocycles. The molecule has 0 spiro atoms. The van der Waals surface area contributed by atoms with Crippen LogP contribution < -0.4 is 0 Å². The first-order valence-electron chi connectivity index (χ1n) is 16.3. The van der Waals surface area contributed by atoms with Crippen molar-refractivity contribution in [3.8, 4) is 0 Å². The van der Waals surface area contributed by atoms with E-state index in [0.29, 0.717) is 42.8 Å². The van der Waals surface area contributed by atoms with E-state index in [9.17, 15) is 25.2 Å². The molecule has 1 saturated carbocycles. The second-order valence-electron chi connectivity index (χ2n) is 13.6. The van der Waals surface area contributed by atoms with Crippen LogP contribution in [0.5, 0.6) is 0 Å². The molecule has 0 radical (unpaired) electrons. The van der Waals surface area contributed by atoms with Crippen LogP contribution in [0.25, 0.3) is 0 Å². The maximum absolute atomic E-state index is 14.1. The second kappa shape index (κ2) is 14.7. The molecule has 3 aliphatic carbocycles. The number of nitrogens with zero attached hydrogens (tertiary/aromatic N) is 1. The Morgan fingerprint density at radius 2 is 1.96 bits per heavy atom. The predicted molar refractivity (Wildman–Crippen MR) is 183 cm³/mol. The van der Waals surface area contributed by atoms with Gasteiger partial charge in [-0.05, 0) is 112 Å². The highest BCUT2D eigenvalue weighted by Gasteiger charge is 2.57. The highest BCUT2D eigenvalue weighted by molar-refractivity contribution is 7.14. The van der Waals surface area contributed by atoms with Gasteiger partial charge in [0.1, 0.15) is 0 Å². The number of carbonyl (C=O) groups excluding carboxylic acids is 1. The maximum atomic E-state index is 14.1. The normalized spacial score (nSPS) is 26.4. The lowest BCUT2D eigenvalue weighted by Crippen LogP contribution is -2.54. The van der Waals surface area contributed by atoms with E-state index in [4.69, 9.17) is 0 Å². The third-order valence-corrected chi connectivity index (χ3v) is 12.2. The molecule has 0 amide bonds. The van der Waals surface area contributed by atoms with E-state index in [1.165, 1.54) is 21.8 Å². The molecule has 0 aliphatic heterocycles. The van der Waals surface area contributed by atoms with Gasteiger partial charge in [0, 0.05) is 40.4 Å². The average molecular weight is 652 g/mol. The van der Waals surface area contributed by atoms with E-state index in [2.05, 4.69) is 48.4 Å². The summed E-state index contributed by atoms with van der Waals surface area (Å²) < 4.78 is 0. The van der Waals surface area contributed by atoms with E-state index in [0.717, 1.165) is 48.1 Å². The van der Waals surface area contributed by atoms with E-state index < -0.39 is 23.2 Å². The van der Waals surface area contributed by atoms with Crippen LogP contribution in [-0.4, -0.2) is 75.2 Å². The molecule has 6 rings (SSSR count). The van der Waals surface area contributed by atoms with Gasteiger partial charge in [-0.2, -0.15) is 0 Å². The summed E-state index contributed by atoms with van der Waals surface area (Å²) in [5.41, 5.74) is 2.22. The topological polar surface area (TPSA) is 101 Å². The Hall–Kier alpha value is -2.17. The Morgan fingerprint density at radius 1 is 1.13 bits per heavy atom. The monoisotopic (exact) mass is 651 g/mol. The Kier molecular flexibility index (Phi) is 11.2. The number of aliphatic hydroxyl groups excluding tert-OH is 3. The molecule has 3 aliphatic rings. The van der Waals surface area contributed by atoms with Gasteiger partial charge in [-0.15, -0.1) is 22.7 Å². The molecule has 45 heavy (non-hydrogen) atoms. The molecule has 2 bridgehead atoms. The number of hydrogen-bond acceptors (Lipinski definition) is 8. The van der Waals surface area contributed by atoms with Gasteiger partial charge in [0.05, 0.1) is 29.3 Å². The van der Waals surface area contributed by atoms with E-state index >= 15 is 0 Å². The zero-order valence-electron chi connectivity index (χ0n) is 26.9. The number of aryl methyl sites for hydroxylation is 1. The highest BCUT2D eigenvalue weighted by atomic mass is 32.1. The van der Waals surface area contributed by atoms with Crippen LogP contribution in [-0.2, 0) is 12.8 Å². The van der Waals surface area contributed by atoms with Crippen LogP contribution in [0.1, 0.15) is 94.4 Å². The van der Waals surface area contributed by atoms with Crippen molar-refractivity contribution in [2.45, 2.75) is 95.9 Å². The van der Waals surface area contributed by atoms with Crippen LogP contribution in [0.4, 0.5) is 0 Å². The lowest BCUT2D eigenvalue weighted by atomic mass is 9.64. The van der Waals surface area contributed by atoms with Gasteiger partial charge in [0.15, 0.2) is 0 Å². The number of thiophene rings is 2. The molecule has 1 fully saturated rings. The number of allylic oxidation sites excluding steroid dienone is 2. The van der Waals surface area contributed by atoms with Gasteiger partial charge in [0.25, 0.3) is 0 Å². The second-order valence-corrected chi connectivity index (χ2v) is 15.9. The fraction of sp³-hybridized carbons (Fsp3) is 0.541. The standard InChI is InChI=1S/C37H49NO5S2/c1-25-6-4-16-36(3)33(14-17-37(36,43)24-38(22-29(41)23-39)18-15-30-7-5-19-44-30)31-12-10-27(20-28(40)11-8-25)21-32(31)35(42)34-13-9-26(2)45-34/h5-7,9-10,12-13,19,21,28-29,33,39-41,43H,4,8,11,14-18,20,22-24H2,1-3H3/t28-,29-,33-,36-,37+/m0/s1. The minimum absolute atomic E-state index is 0.00343. The molecule has 6 nitrogen and oxygen atoms in total. The molecule has 244 valence electrons. The summed E-state index contributed by atoms with van der Waals surface area (Å²) in [5, 5.41) is 45.9. The van der Waals surface area contributed by atoms with Crippen LogP contribution in [0, 0.1) is 12.3 Å². The van der Waals surface area contributed by atoms with Crippen LogP contribution in [0.15, 0.2) is 59.5 Å². The predicted octanol–water partition coefficient (Wildman–Crippen LogP) is 6.29. The Bertz CT molecular complexity index is 1470. The molecule has 8 heteroatoms. The fourth-order valence-electron chi connectivity index (χ4n) is 7.57. The van der Waals surface area contributed by atoms with E-state index in [1.54, 1.807) is 11.3 Å². The molecule has 3 aromatic rings. The van der Waals surface area contributed by atoms with Crippen molar-refractivity contribution < 1.29 is 25.2 Å². The number of carbonyl (C=O) groups is 1. The zero-order chi connectivity index (χ0) is 32.2. The molecule has 5 atom stereocenters. The van der Waals surface area contributed by atoms with Crippen molar-refractivity contribution in [1.82, 2.24) is 4.90 Å². The molecule has 1 aromatic carbocycles. The van der Waals surface area contributed by atoms with Crippen LogP contribution >= 0.6 is 22.7 Å². The van der Waals surface area contributed by atoms with E-state index in [1.807, 2.05) is 31.2 Å². The third kappa shape index (κ3) is 7.87. The summed E-state index contributed by atoms with van der Waals surface area (Å²) in [6.07, 6.45) is 6.49. The number of fused-ring (bicyclic) bond motifs is 8. The Morgan fingerprint density at radius 3 is 2.67 bits per heavy atom. The third-order valence-electron chi connectivity index (χ3n) is 10.3. The quantitative estimate of drug-likeness (QED) is 0.152. The zero-order valence-corrected chi connectivity index (χ0v) is 28.5. The summed E-state index contributed by atoms with van der Waals surface area (Å²) in [6.45, 7) is 7.32. The first-order valence-corrected chi connectivity index (χ1v) is 18.0. The van der Waals surface area contributed by atoms with Crippen molar-refractivity contribution in [2.75, 3.05) is 26.2 Å². The number of benzene rings is 1. The Labute approximate surface area is 276 Å². The van der Waals surface area contributed by atoms with E-state index in [-0.39, 0.29) is 24.9 Å². The number of ketones is 1. The minimum atomic E-state index is -1.07. The molecule has 2 aromatic heterocycles. The summed E-state index contributed by atoms with van der Waals surface area (Å²) in [6, 6.07) is 14.2. The minimum Gasteiger partial charge on any atom is -0.394 e. The Balaban J connectivity index is 1.55. The van der Waals surface area contributed by atoms with Gasteiger partial charge in [0.2, 0.25) is 5.78 Å². The SMILES string of the molecule is CC1=CCC[C@@]2(C)[C@@H](CC[C@@]2(O)CN(CCc2cccs2)C[C@H](O)CO)c2ccc(cc2C(=O)c2ccc(C)s2)C[C@@H](O)CC1. The van der Waals surface area contributed by atoms with Crippen molar-refractivity contribution >= 4 is 28.5 Å². The summed E-state index contributed by atoms with van der Waals surface area (Å²) >= 11 is 3.21. The van der Waals surface area contributed by atoms with Gasteiger partial charge < -0.3 is 20.4 Å². The molecule has 4 N–H and O–H groups in total. The summed E-state index contributed by atoms with van der Waals surface area (Å²) in [4.78, 5) is 19.3. The maximum Gasteiger partial charge on any atom is 0.203 e. The van der Waals surface area contributed by atoms with Gasteiger partial charge >= 0.3 is 0 Å². The highest BCUT2D eigenvalue weighted by Crippen LogP contribution is 2.59. The summed E-state index contributed by atoms with van der Waals surface area (Å²) in [5.74, 6) is -0.0521. The van der Waals surface area contributed by atoms with Crippen LogP contribution in [0.2, 0.25) is 0 Å². The van der Waals surface area contributed by atoms with Gasteiger partial charge in [-0.25, -0.2) is 0 Å². The first kappa shape index (κ1) is 34.2. The fourth-order valence-corrected chi connectivity index (χ4v) is 9.09. The van der Waals surface area contributed by atoms with Crippen molar-refractivity contribution in [1.29, 1.82) is 0 Å². The number of aliphatic hydroxyl groups is 4. The molecular formula is C37H49NO5S2. The van der Waals surface area contributed by atoms with Crippen molar-refractivity contribution in [2.24, 2.45) is 5.41 Å². The summed E-state index contributed by atoms with van der Waals surface area (Å²) in [7, 11) is 0. The molecule has 0 saturated heterocycles. The van der Waals surface area contributed by atoms with Crippen molar-refractivity contribution in [3.05, 3.63) is 90.8 Å². The first-order chi connectivity index (χ1) is 21.5.